The van der Waals surface area contributed by atoms with Crippen molar-refractivity contribution in [3.63, 3.8) is 0 Å². The number of aromatic nitrogens is 7. The van der Waals surface area contributed by atoms with Crippen molar-refractivity contribution in [2.24, 2.45) is 14.1 Å². The number of fused-ring (bicyclic) bond motifs is 2. The summed E-state index contributed by atoms with van der Waals surface area (Å²) < 4.78 is 4.15. The Hall–Kier alpha value is -3.92. The van der Waals surface area contributed by atoms with Crippen LogP contribution < -0.4 is 16.6 Å². The highest BCUT2D eigenvalue weighted by molar-refractivity contribution is 6.35. The first-order valence-corrected chi connectivity index (χ1v) is 9.77. The van der Waals surface area contributed by atoms with Crippen molar-refractivity contribution in [3.05, 3.63) is 74.4 Å². The molecule has 0 unspecified atom stereocenters. The van der Waals surface area contributed by atoms with Gasteiger partial charge in [0.25, 0.3) is 5.56 Å². The van der Waals surface area contributed by atoms with Gasteiger partial charge in [-0.25, -0.2) is 14.8 Å². The van der Waals surface area contributed by atoms with E-state index >= 15 is 0 Å². The highest BCUT2D eigenvalue weighted by Crippen LogP contribution is 2.24. The quantitative estimate of drug-likeness (QED) is 0.446. The van der Waals surface area contributed by atoms with E-state index in [1.54, 1.807) is 37.0 Å². The molecule has 0 atom stereocenters. The number of hydrogen-bond donors (Lipinski definition) is 2. The number of aromatic amines is 1. The molecule has 4 aromatic heterocycles. The van der Waals surface area contributed by atoms with Crippen LogP contribution in [0.5, 0.6) is 0 Å². The average molecular weight is 437 g/mol. The van der Waals surface area contributed by atoms with Gasteiger partial charge in [-0.1, -0.05) is 17.7 Å². The van der Waals surface area contributed by atoms with Gasteiger partial charge in [-0.15, -0.1) is 0 Å². The third-order valence-corrected chi connectivity index (χ3v) is 5.51. The first kappa shape index (κ1) is 19.1. The number of aryl methyl sites for hydroxylation is 2. The molecule has 5 aromatic rings. The van der Waals surface area contributed by atoms with Gasteiger partial charge in [0.2, 0.25) is 5.95 Å². The Balaban J connectivity index is 1.63. The topological polar surface area (TPSA) is 115 Å². The lowest BCUT2D eigenvalue weighted by atomic mass is 10.2. The summed E-state index contributed by atoms with van der Waals surface area (Å²) >= 11 is 6.25. The van der Waals surface area contributed by atoms with E-state index in [1.807, 2.05) is 18.2 Å². The monoisotopic (exact) mass is 436 g/mol. The number of nitrogens with zero attached hydrogens (tertiary/aromatic N) is 6. The van der Waals surface area contributed by atoms with Crippen LogP contribution in [0.1, 0.15) is 5.69 Å². The molecular weight excluding hydrogens is 420 g/mol. The molecule has 0 aliphatic rings. The standard InChI is InChI=1S/C20H17ClN8O2/c1-27-16-17(26-19(27)25-15-6-7-22-10-23-15)28(2)20(31)29(18(16)30)9-11-8-12-13(21)4-3-5-14(12)24-11/h3-8,10,24H,9H2,1-2H3,(H,22,23,25,26). The lowest BCUT2D eigenvalue weighted by molar-refractivity contribution is 0.648. The number of benzene rings is 1. The molecule has 4 heterocycles. The summed E-state index contributed by atoms with van der Waals surface area (Å²) in [5.41, 5.74) is 1.22. The minimum atomic E-state index is -0.464. The van der Waals surface area contributed by atoms with Gasteiger partial charge in [0.1, 0.15) is 12.1 Å². The van der Waals surface area contributed by atoms with Crippen molar-refractivity contribution in [1.82, 2.24) is 33.6 Å². The van der Waals surface area contributed by atoms with E-state index in [0.29, 0.717) is 28.0 Å². The van der Waals surface area contributed by atoms with Crippen LogP contribution in [-0.2, 0) is 20.6 Å². The second-order valence-corrected chi connectivity index (χ2v) is 7.52. The van der Waals surface area contributed by atoms with Crippen LogP contribution in [0.25, 0.3) is 22.1 Å². The van der Waals surface area contributed by atoms with Gasteiger partial charge in [0, 0.05) is 41.9 Å². The summed E-state index contributed by atoms with van der Waals surface area (Å²) in [6.45, 7) is 0.0757. The molecule has 2 N–H and O–H groups in total. The molecule has 31 heavy (non-hydrogen) atoms. The van der Waals surface area contributed by atoms with E-state index in [9.17, 15) is 9.59 Å². The maximum atomic E-state index is 13.3. The Morgan fingerprint density at radius 1 is 1.16 bits per heavy atom. The SMILES string of the molecule is Cn1c(Nc2ccncn2)nc2c1c(=O)n(Cc1cc3c(Cl)cccc3[nH]1)c(=O)n2C. The third-order valence-electron chi connectivity index (χ3n) is 5.18. The summed E-state index contributed by atoms with van der Waals surface area (Å²) in [6.07, 6.45) is 2.99. The average Bonchev–Trinajstić information content (AvgIpc) is 3.32. The molecule has 0 radical (unpaired) electrons. The molecule has 0 bridgehead atoms. The number of H-pyrrole nitrogens is 1. The zero-order valence-electron chi connectivity index (χ0n) is 16.6. The number of nitrogens with one attached hydrogen (secondary N) is 2. The number of halogens is 1. The van der Waals surface area contributed by atoms with Crippen LogP contribution in [0.15, 0.2) is 52.4 Å². The fourth-order valence-electron chi connectivity index (χ4n) is 3.61. The summed E-state index contributed by atoms with van der Waals surface area (Å²) in [5, 5.41) is 4.48. The zero-order chi connectivity index (χ0) is 21.7. The predicted octanol–water partition coefficient (Wildman–Crippen LogP) is 2.15. The normalized spacial score (nSPS) is 11.5. The fourth-order valence-corrected chi connectivity index (χ4v) is 3.83. The van der Waals surface area contributed by atoms with Crippen molar-refractivity contribution in [3.8, 4) is 0 Å². The lowest BCUT2D eigenvalue weighted by Crippen LogP contribution is -2.39. The molecule has 5 rings (SSSR count). The second kappa shape index (κ2) is 7.10. The minimum Gasteiger partial charge on any atom is -0.357 e. The van der Waals surface area contributed by atoms with Crippen LogP contribution in [0.3, 0.4) is 0 Å². The molecular formula is C20H17ClN8O2. The Bertz CT molecular complexity index is 1560. The van der Waals surface area contributed by atoms with E-state index in [0.717, 1.165) is 10.9 Å². The van der Waals surface area contributed by atoms with Crippen LogP contribution in [-0.4, -0.2) is 33.6 Å². The Kier molecular flexibility index (Phi) is 4.36. The zero-order valence-corrected chi connectivity index (χ0v) is 17.4. The summed E-state index contributed by atoms with van der Waals surface area (Å²) in [7, 11) is 3.29. The van der Waals surface area contributed by atoms with Crippen LogP contribution >= 0.6 is 11.6 Å². The molecule has 0 amide bonds. The highest BCUT2D eigenvalue weighted by atomic mass is 35.5. The number of anilines is 2. The molecule has 0 aliphatic carbocycles. The van der Waals surface area contributed by atoms with Gasteiger partial charge in [0.15, 0.2) is 11.2 Å². The van der Waals surface area contributed by atoms with Gasteiger partial charge < -0.3 is 14.9 Å². The Labute approximate surface area is 179 Å². The van der Waals surface area contributed by atoms with Crippen molar-refractivity contribution >= 4 is 45.4 Å². The fraction of sp³-hybridized carbons (Fsp3) is 0.150. The van der Waals surface area contributed by atoms with E-state index < -0.39 is 11.2 Å². The molecule has 1 aromatic carbocycles. The number of hydrogen-bond acceptors (Lipinski definition) is 6. The van der Waals surface area contributed by atoms with E-state index in [-0.39, 0.29) is 12.2 Å². The molecule has 156 valence electrons. The summed E-state index contributed by atoms with van der Waals surface area (Å²) in [6, 6.07) is 9.04. The summed E-state index contributed by atoms with van der Waals surface area (Å²) in [4.78, 5) is 41.9. The Morgan fingerprint density at radius 3 is 2.74 bits per heavy atom. The minimum absolute atomic E-state index is 0.0757. The van der Waals surface area contributed by atoms with Crippen molar-refractivity contribution < 1.29 is 0 Å². The molecule has 11 heteroatoms. The largest absolute Gasteiger partial charge is 0.357 e. The smallest absolute Gasteiger partial charge is 0.332 e. The van der Waals surface area contributed by atoms with Crippen molar-refractivity contribution in [2.75, 3.05) is 5.32 Å². The first-order valence-electron chi connectivity index (χ1n) is 9.39. The molecule has 0 aliphatic heterocycles. The van der Waals surface area contributed by atoms with E-state index in [1.165, 1.54) is 15.5 Å². The molecule has 10 nitrogen and oxygen atoms in total. The third kappa shape index (κ3) is 3.08. The second-order valence-electron chi connectivity index (χ2n) is 7.11. The lowest BCUT2D eigenvalue weighted by Gasteiger charge is -2.08. The van der Waals surface area contributed by atoms with Crippen LogP contribution in [0, 0.1) is 0 Å². The molecule has 0 saturated heterocycles. The maximum absolute atomic E-state index is 13.3. The molecule has 0 saturated carbocycles. The van der Waals surface area contributed by atoms with Gasteiger partial charge in [0.05, 0.1) is 6.54 Å². The van der Waals surface area contributed by atoms with E-state index in [2.05, 4.69) is 25.3 Å². The van der Waals surface area contributed by atoms with Crippen LogP contribution in [0.4, 0.5) is 11.8 Å². The van der Waals surface area contributed by atoms with E-state index in [4.69, 9.17) is 11.6 Å². The Morgan fingerprint density at radius 2 is 2.00 bits per heavy atom. The molecule has 0 fully saturated rings. The van der Waals surface area contributed by atoms with Gasteiger partial charge in [-0.05, 0) is 24.3 Å². The molecule has 0 spiro atoms. The van der Waals surface area contributed by atoms with Gasteiger partial charge in [-0.2, -0.15) is 4.98 Å². The van der Waals surface area contributed by atoms with Crippen molar-refractivity contribution in [2.45, 2.75) is 6.54 Å². The predicted molar refractivity (Wildman–Crippen MR) is 118 cm³/mol. The number of imidazole rings is 1. The first-order chi connectivity index (χ1) is 14.9. The number of rotatable bonds is 4. The van der Waals surface area contributed by atoms with Crippen molar-refractivity contribution in [1.29, 1.82) is 0 Å². The van der Waals surface area contributed by atoms with Gasteiger partial charge in [-0.3, -0.25) is 13.9 Å². The van der Waals surface area contributed by atoms with Crippen LogP contribution in [0.2, 0.25) is 5.02 Å². The maximum Gasteiger partial charge on any atom is 0.332 e. The highest BCUT2D eigenvalue weighted by Gasteiger charge is 2.19. The van der Waals surface area contributed by atoms with Gasteiger partial charge >= 0.3 is 5.69 Å². The summed E-state index contributed by atoms with van der Waals surface area (Å²) in [5.74, 6) is 0.907.